The van der Waals surface area contributed by atoms with Crippen LogP contribution >= 0.6 is 11.3 Å². The first-order valence-corrected chi connectivity index (χ1v) is 6.35. The number of hydrogen-bond acceptors (Lipinski definition) is 5. The second-order valence-electron chi connectivity index (χ2n) is 5.10. The van der Waals surface area contributed by atoms with Gasteiger partial charge in [-0.15, -0.1) is 11.3 Å². The summed E-state index contributed by atoms with van der Waals surface area (Å²) in [4.78, 5) is 6.54. The Morgan fingerprint density at radius 3 is 2.53 bits per heavy atom. The average Bonchev–Trinajstić information content (AvgIpc) is 2.83. The maximum Gasteiger partial charge on any atom is 0.223 e. The highest BCUT2D eigenvalue weighted by atomic mass is 32.1. The van der Waals surface area contributed by atoms with Crippen LogP contribution in [0.4, 0.5) is 0 Å². The van der Waals surface area contributed by atoms with Gasteiger partial charge in [-0.25, -0.2) is 0 Å². The zero-order chi connectivity index (χ0) is 12.6. The predicted molar refractivity (Wildman–Crippen MR) is 68.1 cm³/mol. The lowest BCUT2D eigenvalue weighted by molar-refractivity contribution is 0.385. The molecular weight excluding hydrogens is 234 g/mol. The van der Waals surface area contributed by atoms with Crippen molar-refractivity contribution >= 4 is 11.3 Å². The van der Waals surface area contributed by atoms with Gasteiger partial charge in [-0.3, -0.25) is 0 Å². The number of hydrogen-bond donors (Lipinski definition) is 1. The van der Waals surface area contributed by atoms with Crippen molar-refractivity contribution in [1.82, 2.24) is 10.1 Å². The fourth-order valence-electron chi connectivity index (χ4n) is 1.49. The molecule has 2 aromatic heterocycles. The smallest absolute Gasteiger partial charge is 0.223 e. The van der Waals surface area contributed by atoms with E-state index in [2.05, 4.69) is 37.0 Å². The summed E-state index contributed by atoms with van der Waals surface area (Å²) in [5.41, 5.74) is 6.26. The van der Waals surface area contributed by atoms with Crippen molar-refractivity contribution in [1.29, 1.82) is 0 Å². The van der Waals surface area contributed by atoms with Crippen molar-refractivity contribution in [2.45, 2.75) is 39.2 Å². The Morgan fingerprint density at radius 1 is 1.35 bits per heavy atom. The van der Waals surface area contributed by atoms with Crippen molar-refractivity contribution in [2.24, 2.45) is 5.73 Å². The van der Waals surface area contributed by atoms with Crippen molar-refractivity contribution in [3.63, 3.8) is 0 Å². The monoisotopic (exact) mass is 251 g/mol. The summed E-state index contributed by atoms with van der Waals surface area (Å²) in [7, 11) is 0. The van der Waals surface area contributed by atoms with E-state index in [-0.39, 0.29) is 11.5 Å². The second-order valence-corrected chi connectivity index (χ2v) is 6.22. The Morgan fingerprint density at radius 2 is 2.06 bits per heavy atom. The largest absolute Gasteiger partial charge is 0.340 e. The molecule has 92 valence electrons. The Balaban J connectivity index is 2.26. The first kappa shape index (κ1) is 12.3. The molecule has 2 aromatic rings. The number of nitrogens with two attached hydrogens (primary N) is 1. The topological polar surface area (TPSA) is 64.9 Å². The molecule has 0 spiro atoms. The van der Waals surface area contributed by atoms with Gasteiger partial charge in [0.05, 0.1) is 0 Å². The lowest BCUT2D eigenvalue weighted by Crippen LogP contribution is -2.12. The fraction of sp³-hybridized carbons (Fsp3) is 0.500. The van der Waals surface area contributed by atoms with Gasteiger partial charge >= 0.3 is 0 Å². The molecular formula is C12H17N3OS. The van der Waals surface area contributed by atoms with Gasteiger partial charge < -0.3 is 10.3 Å². The van der Waals surface area contributed by atoms with Crippen LogP contribution in [0, 0.1) is 6.92 Å². The normalized spacial score (nSPS) is 13.9. The predicted octanol–water partition coefficient (Wildman–Crippen LogP) is 2.79. The summed E-state index contributed by atoms with van der Waals surface area (Å²) in [5, 5.41) is 3.86. The molecule has 0 aliphatic rings. The second kappa shape index (κ2) is 4.23. The zero-order valence-corrected chi connectivity index (χ0v) is 11.3. The van der Waals surface area contributed by atoms with E-state index in [0.717, 1.165) is 4.88 Å². The number of thiophene rings is 1. The Kier molecular flexibility index (Phi) is 3.05. The van der Waals surface area contributed by atoms with Crippen molar-refractivity contribution in [2.75, 3.05) is 0 Å². The van der Waals surface area contributed by atoms with E-state index in [1.807, 2.05) is 6.07 Å². The lowest BCUT2D eigenvalue weighted by atomic mass is 9.95. The zero-order valence-electron chi connectivity index (χ0n) is 10.5. The van der Waals surface area contributed by atoms with E-state index in [1.54, 1.807) is 18.3 Å². The van der Waals surface area contributed by atoms with Crippen LogP contribution in [0.1, 0.15) is 48.3 Å². The molecule has 5 heteroatoms. The van der Waals surface area contributed by atoms with Gasteiger partial charge in [-0.2, -0.15) is 4.98 Å². The SMILES string of the molecule is Cc1nc(C(N)c2ccc(C(C)(C)C)s2)no1. The lowest BCUT2D eigenvalue weighted by Gasteiger charge is -2.15. The summed E-state index contributed by atoms with van der Waals surface area (Å²) in [6, 6.07) is 3.86. The molecule has 0 fully saturated rings. The van der Waals surface area contributed by atoms with E-state index in [9.17, 15) is 0 Å². The van der Waals surface area contributed by atoms with E-state index in [1.165, 1.54) is 4.88 Å². The highest BCUT2D eigenvalue weighted by molar-refractivity contribution is 7.12. The van der Waals surface area contributed by atoms with Crippen molar-refractivity contribution in [3.05, 3.63) is 33.6 Å². The highest BCUT2D eigenvalue weighted by Crippen LogP contribution is 2.32. The van der Waals surface area contributed by atoms with Crippen LogP contribution in [0.15, 0.2) is 16.7 Å². The molecule has 2 rings (SSSR count). The van der Waals surface area contributed by atoms with Gasteiger partial charge in [0.1, 0.15) is 6.04 Å². The summed E-state index contributed by atoms with van der Waals surface area (Å²) in [6.45, 7) is 8.32. The Bertz CT molecular complexity index is 510. The van der Waals surface area contributed by atoms with Crippen LogP contribution in [0.25, 0.3) is 0 Å². The molecule has 0 radical (unpaired) electrons. The number of aromatic nitrogens is 2. The summed E-state index contributed by atoms with van der Waals surface area (Å²) >= 11 is 1.71. The average molecular weight is 251 g/mol. The number of nitrogens with zero attached hydrogens (tertiary/aromatic N) is 2. The van der Waals surface area contributed by atoms with Crippen LogP contribution in [-0.2, 0) is 5.41 Å². The quantitative estimate of drug-likeness (QED) is 0.891. The van der Waals surface area contributed by atoms with E-state index >= 15 is 0 Å². The standard InChI is InChI=1S/C12H17N3OS/c1-7-14-11(15-16-7)10(13)8-5-6-9(17-8)12(2,3)4/h5-6,10H,13H2,1-4H3. The van der Waals surface area contributed by atoms with Crippen LogP contribution in [0.2, 0.25) is 0 Å². The molecule has 2 heterocycles. The molecule has 0 aromatic carbocycles. The molecule has 4 nitrogen and oxygen atoms in total. The molecule has 17 heavy (non-hydrogen) atoms. The van der Waals surface area contributed by atoms with Crippen LogP contribution in [-0.4, -0.2) is 10.1 Å². The molecule has 1 unspecified atom stereocenters. The van der Waals surface area contributed by atoms with Crippen LogP contribution in [0.5, 0.6) is 0 Å². The fourth-order valence-corrected chi connectivity index (χ4v) is 2.56. The molecule has 0 aliphatic heterocycles. The maximum absolute atomic E-state index is 6.11. The first-order valence-electron chi connectivity index (χ1n) is 5.54. The molecule has 2 N–H and O–H groups in total. The Hall–Kier alpha value is -1.20. The van der Waals surface area contributed by atoms with E-state index in [4.69, 9.17) is 10.3 Å². The minimum absolute atomic E-state index is 0.149. The molecule has 0 saturated heterocycles. The molecule has 0 saturated carbocycles. The van der Waals surface area contributed by atoms with Gasteiger partial charge in [0, 0.05) is 16.7 Å². The summed E-state index contributed by atoms with van der Waals surface area (Å²) < 4.78 is 4.94. The van der Waals surface area contributed by atoms with Crippen molar-refractivity contribution < 1.29 is 4.52 Å². The first-order chi connectivity index (χ1) is 7.88. The summed E-state index contributed by atoms with van der Waals surface area (Å²) in [6.07, 6.45) is 0. The molecule has 0 aliphatic carbocycles. The third-order valence-corrected chi connectivity index (χ3v) is 4.09. The van der Waals surface area contributed by atoms with Crippen molar-refractivity contribution in [3.8, 4) is 0 Å². The van der Waals surface area contributed by atoms with Gasteiger partial charge in [-0.05, 0) is 17.5 Å². The van der Waals surface area contributed by atoms with Gasteiger partial charge in [0.2, 0.25) is 5.89 Å². The number of aryl methyl sites for hydroxylation is 1. The Labute approximate surface area is 105 Å². The van der Waals surface area contributed by atoms with Crippen LogP contribution in [0.3, 0.4) is 0 Å². The third kappa shape index (κ3) is 2.56. The van der Waals surface area contributed by atoms with Crippen LogP contribution < -0.4 is 5.73 Å². The summed E-state index contributed by atoms with van der Waals surface area (Å²) in [5.74, 6) is 1.09. The molecule has 0 bridgehead atoms. The molecule has 1 atom stereocenters. The minimum Gasteiger partial charge on any atom is -0.340 e. The maximum atomic E-state index is 6.11. The molecule has 0 amide bonds. The third-order valence-electron chi connectivity index (χ3n) is 2.49. The van der Waals surface area contributed by atoms with Gasteiger partial charge in [0.25, 0.3) is 0 Å². The highest BCUT2D eigenvalue weighted by Gasteiger charge is 2.21. The van der Waals surface area contributed by atoms with Gasteiger partial charge in [-0.1, -0.05) is 25.9 Å². The van der Waals surface area contributed by atoms with E-state index in [0.29, 0.717) is 11.7 Å². The minimum atomic E-state index is -0.298. The number of rotatable bonds is 2. The van der Waals surface area contributed by atoms with E-state index < -0.39 is 0 Å². The van der Waals surface area contributed by atoms with Gasteiger partial charge in [0.15, 0.2) is 5.82 Å².